The molecule has 3 aromatic rings. The minimum absolute atomic E-state index is 0.338. The Hall–Kier alpha value is -2.80. The summed E-state index contributed by atoms with van der Waals surface area (Å²) in [7, 11) is 0. The van der Waals surface area contributed by atoms with Crippen LogP contribution in [0.15, 0.2) is 73.1 Å². The van der Waals surface area contributed by atoms with E-state index in [0.29, 0.717) is 12.0 Å². The molecule has 2 unspecified atom stereocenters. The van der Waals surface area contributed by atoms with Crippen LogP contribution in [0.3, 0.4) is 0 Å². The molecule has 0 aliphatic carbocycles. The summed E-state index contributed by atoms with van der Waals surface area (Å²) in [6, 6.07) is 21.8. The molecular weight excluding hydrogens is 372 g/mol. The molecule has 2 N–H and O–H groups in total. The van der Waals surface area contributed by atoms with Crippen LogP contribution in [0.2, 0.25) is 0 Å². The zero-order valence-corrected chi connectivity index (χ0v) is 17.1. The molecule has 0 bridgehead atoms. The van der Waals surface area contributed by atoms with E-state index in [4.69, 9.17) is 0 Å². The Morgan fingerprint density at radius 2 is 1.50 bits per heavy atom. The molecule has 0 saturated carbocycles. The summed E-state index contributed by atoms with van der Waals surface area (Å²) >= 11 is 0. The van der Waals surface area contributed by atoms with Crippen LogP contribution in [0.25, 0.3) is 11.1 Å². The normalized spacial score (nSPS) is 22.3. The van der Waals surface area contributed by atoms with Crippen molar-refractivity contribution in [2.24, 2.45) is 5.92 Å². The second-order valence-electron chi connectivity index (χ2n) is 8.09. The average Bonchev–Trinajstić information content (AvgIpc) is 3.29. The van der Waals surface area contributed by atoms with Gasteiger partial charge in [-0.25, -0.2) is 15.4 Å². The van der Waals surface area contributed by atoms with Gasteiger partial charge in [0.1, 0.15) is 0 Å². The van der Waals surface area contributed by atoms with E-state index in [0.717, 1.165) is 45.2 Å². The molecule has 3 heterocycles. The summed E-state index contributed by atoms with van der Waals surface area (Å²) in [6.07, 6.45) is 3.64. The fourth-order valence-corrected chi connectivity index (χ4v) is 4.49. The third-order valence-corrected chi connectivity index (χ3v) is 6.17. The zero-order valence-electron chi connectivity index (χ0n) is 17.1. The molecule has 2 saturated heterocycles. The van der Waals surface area contributed by atoms with E-state index in [1.807, 2.05) is 18.5 Å². The summed E-state index contributed by atoms with van der Waals surface area (Å²) in [5.74, 6) is 1.39. The average molecular weight is 401 g/mol. The van der Waals surface area contributed by atoms with E-state index in [1.54, 1.807) is 0 Å². The molecule has 2 aliphatic heterocycles. The smallest absolute Gasteiger partial charge is 0.225 e. The van der Waals surface area contributed by atoms with Gasteiger partial charge in [-0.1, -0.05) is 54.6 Å². The van der Waals surface area contributed by atoms with Crippen molar-refractivity contribution in [3.63, 3.8) is 0 Å². The molecular formula is C24H28N6. The van der Waals surface area contributed by atoms with Crippen molar-refractivity contribution < 1.29 is 0 Å². The molecule has 0 spiro atoms. The number of aromatic nitrogens is 2. The molecule has 6 nitrogen and oxygen atoms in total. The number of hydrazine groups is 1. The lowest BCUT2D eigenvalue weighted by molar-refractivity contribution is 0.213. The van der Waals surface area contributed by atoms with Crippen molar-refractivity contribution >= 4 is 5.95 Å². The first-order chi connectivity index (χ1) is 14.9. The fraction of sp³-hybridized carbons (Fsp3) is 0.333. The molecule has 5 rings (SSSR count). The molecule has 6 heteroatoms. The van der Waals surface area contributed by atoms with Crippen molar-refractivity contribution in [2.45, 2.75) is 6.04 Å². The van der Waals surface area contributed by atoms with Crippen LogP contribution in [-0.2, 0) is 0 Å². The summed E-state index contributed by atoms with van der Waals surface area (Å²) in [5, 5.41) is 0. The van der Waals surface area contributed by atoms with E-state index < -0.39 is 0 Å². The number of hydrogen-bond donors (Lipinski definition) is 2. The van der Waals surface area contributed by atoms with Crippen LogP contribution in [-0.4, -0.2) is 54.1 Å². The maximum Gasteiger partial charge on any atom is 0.225 e. The molecule has 154 valence electrons. The molecule has 2 aromatic carbocycles. The lowest BCUT2D eigenvalue weighted by Gasteiger charge is -2.36. The Balaban J connectivity index is 1.20. The van der Waals surface area contributed by atoms with Crippen LogP contribution in [0, 0.1) is 5.92 Å². The van der Waals surface area contributed by atoms with Gasteiger partial charge in [0.25, 0.3) is 0 Å². The van der Waals surface area contributed by atoms with E-state index in [9.17, 15) is 0 Å². The maximum absolute atomic E-state index is 4.39. The predicted molar refractivity (Wildman–Crippen MR) is 120 cm³/mol. The number of nitrogens with zero attached hydrogens (tertiary/aromatic N) is 4. The minimum atomic E-state index is 0.338. The highest BCUT2D eigenvalue weighted by atomic mass is 15.4. The van der Waals surface area contributed by atoms with Gasteiger partial charge in [0.2, 0.25) is 5.95 Å². The quantitative estimate of drug-likeness (QED) is 0.687. The number of rotatable bonds is 5. The van der Waals surface area contributed by atoms with Crippen LogP contribution >= 0.6 is 0 Å². The van der Waals surface area contributed by atoms with Crippen LogP contribution in [0.1, 0.15) is 11.6 Å². The van der Waals surface area contributed by atoms with Crippen LogP contribution in [0.4, 0.5) is 5.95 Å². The first-order valence-corrected chi connectivity index (χ1v) is 10.7. The highest BCUT2D eigenvalue weighted by Gasteiger charge is 2.31. The molecule has 0 amide bonds. The topological polar surface area (TPSA) is 56.3 Å². The van der Waals surface area contributed by atoms with Crippen molar-refractivity contribution in [3.05, 3.63) is 78.6 Å². The Labute approximate surface area is 177 Å². The zero-order chi connectivity index (χ0) is 20.2. The van der Waals surface area contributed by atoms with E-state index in [1.165, 1.54) is 16.7 Å². The van der Waals surface area contributed by atoms with Crippen LogP contribution < -0.4 is 15.8 Å². The summed E-state index contributed by atoms with van der Waals surface area (Å²) in [6.45, 7) is 6.15. The van der Waals surface area contributed by atoms with Gasteiger partial charge >= 0.3 is 0 Å². The molecule has 2 fully saturated rings. The summed E-state index contributed by atoms with van der Waals surface area (Å²) in [5.41, 5.74) is 10.8. The van der Waals surface area contributed by atoms with Crippen molar-refractivity contribution in [3.8, 4) is 11.1 Å². The van der Waals surface area contributed by atoms with Gasteiger partial charge in [-0.3, -0.25) is 10.3 Å². The second kappa shape index (κ2) is 8.92. The van der Waals surface area contributed by atoms with Gasteiger partial charge in [0, 0.05) is 57.6 Å². The lowest BCUT2D eigenvalue weighted by Crippen LogP contribution is -2.48. The number of piperazine rings is 1. The first-order valence-electron chi connectivity index (χ1n) is 10.7. The van der Waals surface area contributed by atoms with E-state index in [-0.39, 0.29) is 0 Å². The molecule has 30 heavy (non-hydrogen) atoms. The summed E-state index contributed by atoms with van der Waals surface area (Å²) < 4.78 is 0. The minimum Gasteiger partial charge on any atom is -0.338 e. The Kier molecular flexibility index (Phi) is 5.70. The van der Waals surface area contributed by atoms with Crippen molar-refractivity contribution in [1.29, 1.82) is 0 Å². The highest BCUT2D eigenvalue weighted by molar-refractivity contribution is 5.63. The van der Waals surface area contributed by atoms with Gasteiger partial charge in [0.15, 0.2) is 0 Å². The molecule has 0 radical (unpaired) electrons. The standard InChI is InChI=1S/C24H28N6/c1-2-5-19(6-3-1)20-7-9-21(10-8-20)23-22(17-27-28-23)18-29-13-15-30(16-14-29)24-25-11-4-12-26-24/h1-12,22-23,27-28H,13-18H2. The summed E-state index contributed by atoms with van der Waals surface area (Å²) in [4.78, 5) is 13.6. The van der Waals surface area contributed by atoms with E-state index >= 15 is 0 Å². The fourth-order valence-electron chi connectivity index (χ4n) is 4.49. The Bertz CT molecular complexity index is 923. The van der Waals surface area contributed by atoms with Gasteiger partial charge in [-0.05, 0) is 22.8 Å². The third kappa shape index (κ3) is 4.21. The molecule has 2 aliphatic rings. The highest BCUT2D eigenvalue weighted by Crippen LogP contribution is 2.28. The van der Waals surface area contributed by atoms with Crippen LogP contribution in [0.5, 0.6) is 0 Å². The van der Waals surface area contributed by atoms with E-state index in [2.05, 4.69) is 85.2 Å². The monoisotopic (exact) mass is 400 g/mol. The van der Waals surface area contributed by atoms with Crippen molar-refractivity contribution in [2.75, 3.05) is 44.2 Å². The number of nitrogens with one attached hydrogen (secondary N) is 2. The maximum atomic E-state index is 4.39. The number of benzene rings is 2. The third-order valence-electron chi connectivity index (χ3n) is 6.17. The van der Waals surface area contributed by atoms with Gasteiger partial charge in [0.05, 0.1) is 6.04 Å². The molecule has 2 atom stereocenters. The Morgan fingerprint density at radius 3 is 2.23 bits per heavy atom. The van der Waals surface area contributed by atoms with Gasteiger partial charge < -0.3 is 4.90 Å². The Morgan fingerprint density at radius 1 is 0.800 bits per heavy atom. The largest absolute Gasteiger partial charge is 0.338 e. The first kappa shape index (κ1) is 19.2. The lowest BCUT2D eigenvalue weighted by atomic mass is 9.92. The SMILES string of the molecule is c1ccc(-c2ccc(C3NNCC3CN3CCN(c4ncccn4)CC3)cc2)cc1. The van der Waals surface area contributed by atoms with Gasteiger partial charge in [-0.15, -0.1) is 0 Å². The number of anilines is 1. The molecule has 1 aromatic heterocycles. The predicted octanol–water partition coefficient (Wildman–Crippen LogP) is 2.73. The van der Waals surface area contributed by atoms with Crippen molar-refractivity contribution in [1.82, 2.24) is 25.7 Å². The second-order valence-corrected chi connectivity index (χ2v) is 8.09. The van der Waals surface area contributed by atoms with Gasteiger partial charge in [-0.2, -0.15) is 0 Å². The number of hydrogen-bond acceptors (Lipinski definition) is 6.